The molecule has 2 heterocycles. The van der Waals surface area contributed by atoms with Gasteiger partial charge in [0.25, 0.3) is 5.91 Å². The van der Waals surface area contributed by atoms with Gasteiger partial charge in [0.15, 0.2) is 0 Å². The van der Waals surface area contributed by atoms with Gasteiger partial charge in [0.1, 0.15) is 21.3 Å². The van der Waals surface area contributed by atoms with Gasteiger partial charge >= 0.3 is 0 Å². The van der Waals surface area contributed by atoms with Crippen molar-refractivity contribution in [2.24, 2.45) is 0 Å². The van der Waals surface area contributed by atoms with E-state index in [1.54, 1.807) is 12.1 Å². The lowest BCUT2D eigenvalue weighted by Crippen LogP contribution is -2.23. The van der Waals surface area contributed by atoms with Crippen LogP contribution in [0, 0.1) is 19.7 Å². The van der Waals surface area contributed by atoms with Crippen molar-refractivity contribution in [3.63, 3.8) is 0 Å². The molecule has 8 heteroatoms. The molecular weight excluding hydrogens is 343 g/mol. The van der Waals surface area contributed by atoms with Crippen molar-refractivity contribution in [1.82, 2.24) is 15.5 Å². The van der Waals surface area contributed by atoms with Gasteiger partial charge in [-0.2, -0.15) is 5.10 Å². The first-order valence-electron chi connectivity index (χ1n) is 7.54. The zero-order chi connectivity index (χ0) is 18.1. The van der Waals surface area contributed by atoms with Gasteiger partial charge in [0, 0.05) is 23.6 Å². The number of carbonyl (C=O) groups is 1. The Morgan fingerprint density at radius 2 is 2.12 bits per heavy atom. The molecule has 0 bridgehead atoms. The number of fused-ring (bicyclic) bond motifs is 1. The SMILES string of the molecule is COc1ccc(CNC(=O)c2sc3nnc(C)c(C)c3c2N)c(F)c1. The predicted octanol–water partition coefficient (Wildman–Crippen LogP) is 2.97. The maximum absolute atomic E-state index is 14.0. The van der Waals surface area contributed by atoms with Gasteiger partial charge in [0.05, 0.1) is 18.5 Å². The predicted molar refractivity (Wildman–Crippen MR) is 95.4 cm³/mol. The van der Waals surface area contributed by atoms with Crippen molar-refractivity contribution in [3.8, 4) is 5.75 Å². The highest BCUT2D eigenvalue weighted by molar-refractivity contribution is 7.21. The Kier molecular flexibility index (Phi) is 4.54. The molecular formula is C17H17FN4O2S. The summed E-state index contributed by atoms with van der Waals surface area (Å²) in [5, 5.41) is 11.6. The highest BCUT2D eigenvalue weighted by atomic mass is 32.1. The van der Waals surface area contributed by atoms with Crippen LogP contribution >= 0.6 is 11.3 Å². The van der Waals surface area contributed by atoms with Crippen LogP contribution in [0.1, 0.15) is 26.5 Å². The first-order chi connectivity index (χ1) is 11.9. The van der Waals surface area contributed by atoms with E-state index in [1.165, 1.54) is 24.5 Å². The molecule has 0 unspecified atom stereocenters. The summed E-state index contributed by atoms with van der Waals surface area (Å²) >= 11 is 1.18. The first-order valence-corrected chi connectivity index (χ1v) is 8.36. The van der Waals surface area contributed by atoms with Crippen molar-refractivity contribution in [2.75, 3.05) is 12.8 Å². The number of nitrogens with two attached hydrogens (primary N) is 1. The number of benzene rings is 1. The number of carbonyl (C=O) groups excluding carboxylic acids is 1. The zero-order valence-corrected chi connectivity index (χ0v) is 14.8. The van der Waals surface area contributed by atoms with Gasteiger partial charge in [-0.3, -0.25) is 4.79 Å². The van der Waals surface area contributed by atoms with E-state index in [0.29, 0.717) is 26.7 Å². The largest absolute Gasteiger partial charge is 0.497 e. The summed E-state index contributed by atoms with van der Waals surface area (Å²) in [5.74, 6) is -0.389. The molecule has 130 valence electrons. The number of hydrogen-bond donors (Lipinski definition) is 2. The number of ether oxygens (including phenoxy) is 1. The Labute approximate surface area is 147 Å². The van der Waals surface area contributed by atoms with Crippen LogP contribution in [0.3, 0.4) is 0 Å². The van der Waals surface area contributed by atoms with Crippen molar-refractivity contribution >= 4 is 33.1 Å². The van der Waals surface area contributed by atoms with E-state index in [2.05, 4.69) is 15.5 Å². The normalized spacial score (nSPS) is 10.9. The van der Waals surface area contributed by atoms with Crippen LogP contribution in [0.15, 0.2) is 18.2 Å². The summed E-state index contributed by atoms with van der Waals surface area (Å²) < 4.78 is 18.9. The third kappa shape index (κ3) is 3.12. The van der Waals surface area contributed by atoms with Crippen molar-refractivity contribution in [3.05, 3.63) is 45.7 Å². The van der Waals surface area contributed by atoms with E-state index < -0.39 is 5.82 Å². The lowest BCUT2D eigenvalue weighted by atomic mass is 10.1. The molecule has 0 radical (unpaired) electrons. The molecule has 1 aromatic carbocycles. The van der Waals surface area contributed by atoms with E-state index in [-0.39, 0.29) is 12.5 Å². The lowest BCUT2D eigenvalue weighted by Gasteiger charge is -2.07. The molecule has 0 fully saturated rings. The van der Waals surface area contributed by atoms with E-state index in [1.807, 2.05) is 13.8 Å². The number of thiophene rings is 1. The van der Waals surface area contributed by atoms with Crippen LogP contribution in [0.2, 0.25) is 0 Å². The smallest absolute Gasteiger partial charge is 0.263 e. The van der Waals surface area contributed by atoms with E-state index >= 15 is 0 Å². The third-order valence-corrected chi connectivity index (χ3v) is 5.13. The fourth-order valence-electron chi connectivity index (χ4n) is 2.46. The number of aromatic nitrogens is 2. The minimum atomic E-state index is -0.443. The number of anilines is 1. The van der Waals surface area contributed by atoms with E-state index in [0.717, 1.165) is 16.6 Å². The van der Waals surface area contributed by atoms with Gasteiger partial charge in [-0.25, -0.2) is 4.39 Å². The molecule has 0 saturated heterocycles. The van der Waals surface area contributed by atoms with Gasteiger partial charge < -0.3 is 15.8 Å². The third-order valence-electron chi connectivity index (χ3n) is 4.04. The van der Waals surface area contributed by atoms with Crippen LogP contribution in [0.4, 0.5) is 10.1 Å². The van der Waals surface area contributed by atoms with Gasteiger partial charge in [-0.15, -0.1) is 16.4 Å². The number of nitrogens with zero attached hydrogens (tertiary/aromatic N) is 2. The molecule has 3 N–H and O–H groups in total. The Morgan fingerprint density at radius 1 is 1.36 bits per heavy atom. The second kappa shape index (κ2) is 6.64. The number of aryl methyl sites for hydroxylation is 2. The van der Waals surface area contributed by atoms with Gasteiger partial charge in [-0.05, 0) is 25.5 Å². The summed E-state index contributed by atoms with van der Waals surface area (Å²) in [7, 11) is 1.47. The molecule has 0 spiro atoms. The number of nitrogens with one attached hydrogen (secondary N) is 1. The summed E-state index contributed by atoms with van der Waals surface area (Å²) in [6.45, 7) is 3.78. The molecule has 0 saturated carbocycles. The van der Waals surface area contributed by atoms with Crippen molar-refractivity contribution < 1.29 is 13.9 Å². The molecule has 2 aromatic heterocycles. The monoisotopic (exact) mass is 360 g/mol. The molecule has 0 aliphatic rings. The fraction of sp³-hybridized carbons (Fsp3) is 0.235. The van der Waals surface area contributed by atoms with Crippen molar-refractivity contribution in [2.45, 2.75) is 20.4 Å². The molecule has 0 aliphatic carbocycles. The second-order valence-electron chi connectivity index (χ2n) is 5.58. The average molecular weight is 360 g/mol. The first kappa shape index (κ1) is 17.1. The number of amides is 1. The maximum Gasteiger partial charge on any atom is 0.263 e. The number of rotatable bonds is 4. The number of hydrogen-bond acceptors (Lipinski definition) is 6. The van der Waals surface area contributed by atoms with E-state index in [9.17, 15) is 9.18 Å². The number of halogens is 1. The molecule has 3 rings (SSSR count). The van der Waals surface area contributed by atoms with Crippen molar-refractivity contribution in [1.29, 1.82) is 0 Å². The number of methoxy groups -OCH3 is 1. The van der Waals surface area contributed by atoms with Crippen LogP contribution in [-0.4, -0.2) is 23.2 Å². The summed E-state index contributed by atoms with van der Waals surface area (Å²) in [4.78, 5) is 13.4. The second-order valence-corrected chi connectivity index (χ2v) is 6.57. The molecule has 0 atom stereocenters. The topological polar surface area (TPSA) is 90.1 Å². The summed E-state index contributed by atoms with van der Waals surface area (Å²) in [6, 6.07) is 4.48. The minimum absolute atomic E-state index is 0.0477. The molecule has 25 heavy (non-hydrogen) atoms. The Bertz CT molecular complexity index is 971. The van der Waals surface area contributed by atoms with Gasteiger partial charge in [0.2, 0.25) is 0 Å². The highest BCUT2D eigenvalue weighted by Crippen LogP contribution is 2.34. The van der Waals surface area contributed by atoms with Crippen LogP contribution < -0.4 is 15.8 Å². The molecule has 1 amide bonds. The molecule has 6 nitrogen and oxygen atoms in total. The fourth-order valence-corrected chi connectivity index (χ4v) is 3.48. The molecule has 0 aliphatic heterocycles. The standard InChI is InChI=1S/C17H17FN4O2S/c1-8-9(2)21-22-17-13(8)14(19)15(25-17)16(23)20-7-10-4-5-11(24-3)6-12(10)18/h4-6H,7,19H2,1-3H3,(H,20,23). The van der Waals surface area contributed by atoms with Crippen LogP contribution in [0.25, 0.3) is 10.2 Å². The highest BCUT2D eigenvalue weighted by Gasteiger charge is 2.20. The Balaban J connectivity index is 1.83. The Hall–Kier alpha value is -2.74. The maximum atomic E-state index is 14.0. The quantitative estimate of drug-likeness (QED) is 0.746. The average Bonchev–Trinajstić information content (AvgIpc) is 2.94. The van der Waals surface area contributed by atoms with Gasteiger partial charge in [-0.1, -0.05) is 6.07 Å². The number of nitrogen functional groups attached to an aromatic ring is 1. The lowest BCUT2D eigenvalue weighted by molar-refractivity contribution is 0.0955. The van der Waals surface area contributed by atoms with E-state index in [4.69, 9.17) is 10.5 Å². The zero-order valence-electron chi connectivity index (χ0n) is 14.0. The minimum Gasteiger partial charge on any atom is -0.497 e. The summed E-state index contributed by atoms with van der Waals surface area (Å²) in [5.41, 5.74) is 8.55. The molecule has 3 aromatic rings. The summed E-state index contributed by atoms with van der Waals surface area (Å²) in [6.07, 6.45) is 0. The Morgan fingerprint density at radius 3 is 2.80 bits per heavy atom. The van der Waals surface area contributed by atoms with Crippen LogP contribution in [-0.2, 0) is 6.54 Å². The van der Waals surface area contributed by atoms with Crippen LogP contribution in [0.5, 0.6) is 5.75 Å².